The van der Waals surface area contributed by atoms with Crippen molar-refractivity contribution in [1.29, 1.82) is 0 Å². The maximum Gasteiger partial charge on any atom is 0.128 e. The Bertz CT molecular complexity index is 590. The van der Waals surface area contributed by atoms with E-state index in [1.807, 2.05) is 20.0 Å². The van der Waals surface area contributed by atoms with Gasteiger partial charge in [0.1, 0.15) is 5.82 Å². The van der Waals surface area contributed by atoms with E-state index in [-0.39, 0.29) is 11.9 Å². The number of hydrogen-bond donors (Lipinski definition) is 1. The molecule has 1 N–H and O–H groups in total. The molecule has 0 bridgehead atoms. The lowest BCUT2D eigenvalue weighted by molar-refractivity contribution is 0.575. The molecule has 0 heterocycles. The summed E-state index contributed by atoms with van der Waals surface area (Å²) in [6, 6.07) is 11.4. The third kappa shape index (κ3) is 2.85. The minimum absolute atomic E-state index is 0.112. The molecule has 0 aliphatic heterocycles. The molecular formula is C17H20FN. The van der Waals surface area contributed by atoms with E-state index in [0.29, 0.717) is 5.56 Å². The molecule has 100 valence electrons. The molecule has 0 spiro atoms. The van der Waals surface area contributed by atoms with Crippen LogP contribution in [0.3, 0.4) is 0 Å². The van der Waals surface area contributed by atoms with Gasteiger partial charge in [0.25, 0.3) is 0 Å². The molecule has 2 aromatic rings. The van der Waals surface area contributed by atoms with Crippen LogP contribution in [0.25, 0.3) is 0 Å². The van der Waals surface area contributed by atoms with E-state index in [1.165, 1.54) is 17.2 Å². The van der Waals surface area contributed by atoms with Crippen LogP contribution in [-0.2, 0) is 0 Å². The first kappa shape index (κ1) is 13.8. The Balaban J connectivity index is 2.49. The maximum absolute atomic E-state index is 14.0. The van der Waals surface area contributed by atoms with E-state index in [9.17, 15) is 4.39 Å². The molecule has 0 amide bonds. The lowest BCUT2D eigenvalue weighted by Crippen LogP contribution is -2.19. The first-order valence-electron chi connectivity index (χ1n) is 6.53. The minimum atomic E-state index is -0.164. The normalized spacial score (nSPS) is 12.5. The fourth-order valence-corrected chi connectivity index (χ4v) is 2.33. The van der Waals surface area contributed by atoms with Gasteiger partial charge in [-0.1, -0.05) is 35.9 Å². The van der Waals surface area contributed by atoms with Gasteiger partial charge in [0.05, 0.1) is 6.04 Å². The number of rotatable bonds is 3. The van der Waals surface area contributed by atoms with E-state index in [0.717, 1.165) is 11.1 Å². The van der Waals surface area contributed by atoms with Crippen LogP contribution in [0.4, 0.5) is 4.39 Å². The zero-order valence-corrected chi connectivity index (χ0v) is 11.9. The monoisotopic (exact) mass is 257 g/mol. The molecule has 19 heavy (non-hydrogen) atoms. The number of hydrogen-bond acceptors (Lipinski definition) is 1. The van der Waals surface area contributed by atoms with Crippen molar-refractivity contribution in [3.05, 3.63) is 70.0 Å². The first-order chi connectivity index (χ1) is 9.02. The summed E-state index contributed by atoms with van der Waals surface area (Å²) in [6.45, 7) is 6.15. The summed E-state index contributed by atoms with van der Waals surface area (Å²) < 4.78 is 14.0. The first-order valence-corrected chi connectivity index (χ1v) is 6.53. The van der Waals surface area contributed by atoms with Crippen molar-refractivity contribution in [2.45, 2.75) is 26.8 Å². The SMILES string of the molecule is CNC(c1ccc(C)c(C)c1)c1cc(C)ccc1F. The summed E-state index contributed by atoms with van der Waals surface area (Å²) in [4.78, 5) is 0. The highest BCUT2D eigenvalue weighted by Gasteiger charge is 2.16. The van der Waals surface area contributed by atoms with Gasteiger partial charge in [0, 0.05) is 5.56 Å². The van der Waals surface area contributed by atoms with Crippen molar-refractivity contribution in [1.82, 2.24) is 5.32 Å². The van der Waals surface area contributed by atoms with Crippen molar-refractivity contribution in [2.24, 2.45) is 0 Å². The highest BCUT2D eigenvalue weighted by atomic mass is 19.1. The third-order valence-electron chi connectivity index (χ3n) is 3.62. The molecule has 0 aliphatic carbocycles. The van der Waals surface area contributed by atoms with Crippen molar-refractivity contribution >= 4 is 0 Å². The van der Waals surface area contributed by atoms with Crippen molar-refractivity contribution < 1.29 is 4.39 Å². The second kappa shape index (κ2) is 5.54. The Morgan fingerprint density at radius 3 is 2.32 bits per heavy atom. The van der Waals surface area contributed by atoms with E-state index in [4.69, 9.17) is 0 Å². The molecule has 0 aromatic heterocycles. The van der Waals surface area contributed by atoms with E-state index >= 15 is 0 Å². The van der Waals surface area contributed by atoms with Gasteiger partial charge in [-0.2, -0.15) is 0 Å². The molecular weight excluding hydrogens is 237 g/mol. The topological polar surface area (TPSA) is 12.0 Å². The zero-order valence-electron chi connectivity index (χ0n) is 11.9. The van der Waals surface area contributed by atoms with Crippen LogP contribution in [0.5, 0.6) is 0 Å². The van der Waals surface area contributed by atoms with E-state index in [2.05, 4.69) is 37.4 Å². The second-order valence-corrected chi connectivity index (χ2v) is 5.09. The summed E-state index contributed by atoms with van der Waals surface area (Å²) in [6.07, 6.45) is 0. The van der Waals surface area contributed by atoms with E-state index < -0.39 is 0 Å². The molecule has 1 unspecified atom stereocenters. The van der Waals surface area contributed by atoms with Crippen LogP contribution in [0.1, 0.15) is 33.9 Å². The Morgan fingerprint density at radius 2 is 1.68 bits per heavy atom. The largest absolute Gasteiger partial charge is 0.309 e. The molecule has 2 rings (SSSR count). The molecule has 0 aliphatic rings. The van der Waals surface area contributed by atoms with Gasteiger partial charge in [-0.15, -0.1) is 0 Å². The predicted octanol–water partition coefficient (Wildman–Crippen LogP) is 4.06. The Kier molecular flexibility index (Phi) is 4.01. The molecule has 0 saturated heterocycles. The number of halogens is 1. The summed E-state index contributed by atoms with van der Waals surface area (Å²) in [5.74, 6) is -0.164. The van der Waals surface area contributed by atoms with Crippen LogP contribution in [0.2, 0.25) is 0 Å². The average Bonchev–Trinajstić information content (AvgIpc) is 2.38. The summed E-state index contributed by atoms with van der Waals surface area (Å²) in [7, 11) is 1.86. The number of nitrogens with one attached hydrogen (secondary N) is 1. The van der Waals surface area contributed by atoms with Gasteiger partial charge < -0.3 is 5.32 Å². The quantitative estimate of drug-likeness (QED) is 0.874. The van der Waals surface area contributed by atoms with Crippen LogP contribution in [0, 0.1) is 26.6 Å². The standard InChI is InChI=1S/C17H20FN/c1-11-5-8-16(18)15(9-11)17(19-4)14-7-6-12(2)13(3)10-14/h5-10,17,19H,1-4H3. The smallest absolute Gasteiger partial charge is 0.128 e. The van der Waals surface area contributed by atoms with Gasteiger partial charge in [-0.05, 0) is 50.6 Å². The molecule has 1 nitrogen and oxygen atoms in total. The highest BCUT2D eigenvalue weighted by Crippen LogP contribution is 2.26. The van der Waals surface area contributed by atoms with Gasteiger partial charge in [-0.3, -0.25) is 0 Å². The minimum Gasteiger partial charge on any atom is -0.309 e. The summed E-state index contributed by atoms with van der Waals surface area (Å²) in [5.41, 5.74) is 5.34. The van der Waals surface area contributed by atoms with Crippen molar-refractivity contribution in [3.8, 4) is 0 Å². The van der Waals surface area contributed by atoms with Gasteiger partial charge in [0.2, 0.25) is 0 Å². The number of benzene rings is 2. The van der Waals surface area contributed by atoms with Crippen LogP contribution >= 0.6 is 0 Å². The fourth-order valence-electron chi connectivity index (χ4n) is 2.33. The predicted molar refractivity (Wildman–Crippen MR) is 78.0 cm³/mol. The highest BCUT2D eigenvalue weighted by molar-refractivity contribution is 5.38. The maximum atomic E-state index is 14.0. The van der Waals surface area contributed by atoms with Crippen LogP contribution in [0.15, 0.2) is 36.4 Å². The molecule has 2 heteroatoms. The molecule has 0 radical (unpaired) electrons. The van der Waals surface area contributed by atoms with Crippen LogP contribution < -0.4 is 5.32 Å². The fraction of sp³-hybridized carbons (Fsp3) is 0.294. The van der Waals surface area contributed by atoms with Crippen molar-refractivity contribution in [3.63, 3.8) is 0 Å². The second-order valence-electron chi connectivity index (χ2n) is 5.09. The van der Waals surface area contributed by atoms with Gasteiger partial charge >= 0.3 is 0 Å². The van der Waals surface area contributed by atoms with Gasteiger partial charge in [0.15, 0.2) is 0 Å². The van der Waals surface area contributed by atoms with Crippen LogP contribution in [-0.4, -0.2) is 7.05 Å². The Hall–Kier alpha value is -1.67. The zero-order chi connectivity index (χ0) is 14.0. The van der Waals surface area contributed by atoms with E-state index in [1.54, 1.807) is 6.07 Å². The average molecular weight is 257 g/mol. The lowest BCUT2D eigenvalue weighted by atomic mass is 9.94. The molecule has 2 aromatic carbocycles. The third-order valence-corrected chi connectivity index (χ3v) is 3.62. The molecule has 1 atom stereocenters. The molecule has 0 fully saturated rings. The Morgan fingerprint density at radius 1 is 0.947 bits per heavy atom. The summed E-state index contributed by atoms with van der Waals surface area (Å²) >= 11 is 0. The molecule has 0 saturated carbocycles. The summed E-state index contributed by atoms with van der Waals surface area (Å²) in [5, 5.41) is 3.21. The lowest BCUT2D eigenvalue weighted by Gasteiger charge is -2.19. The van der Waals surface area contributed by atoms with Crippen molar-refractivity contribution in [2.75, 3.05) is 7.05 Å². The van der Waals surface area contributed by atoms with Gasteiger partial charge in [-0.25, -0.2) is 4.39 Å². The Labute approximate surface area is 114 Å². The number of aryl methyl sites for hydroxylation is 3.